The number of nitrogens with one attached hydrogen (secondary N) is 1. The Bertz CT molecular complexity index is 564. The van der Waals surface area contributed by atoms with E-state index >= 15 is 0 Å². The second kappa shape index (κ2) is 4.39. The minimum absolute atomic E-state index is 0.109. The van der Waals surface area contributed by atoms with Crippen LogP contribution in [0.15, 0.2) is 46.6 Å². The van der Waals surface area contributed by atoms with E-state index in [0.717, 1.165) is 0 Å². The second-order valence-electron chi connectivity index (χ2n) is 3.32. The lowest BCUT2D eigenvalue weighted by molar-refractivity contribution is -0.116. The maximum absolute atomic E-state index is 11.2. The average Bonchev–Trinajstić information content (AvgIpc) is 2.57. The monoisotopic (exact) mass is 250 g/mol. The molecule has 2 N–H and O–H groups in total. The number of amides is 1. The number of halogens is 1. The van der Waals surface area contributed by atoms with Gasteiger partial charge in [-0.3, -0.25) is 4.79 Å². The number of hydrogen-bond acceptors (Lipinski definition) is 4. The number of rotatable bonds is 2. The van der Waals surface area contributed by atoms with Crippen molar-refractivity contribution in [3.8, 4) is 0 Å². The molecule has 0 aliphatic carbocycles. The van der Waals surface area contributed by atoms with Gasteiger partial charge < -0.3 is 10.4 Å². The summed E-state index contributed by atoms with van der Waals surface area (Å²) in [6.07, 6.45) is 1.47. The largest absolute Gasteiger partial charge is 0.504 e. The molecule has 0 aromatic heterocycles. The minimum atomic E-state index is -0.726. The Labute approximate surface area is 101 Å². The van der Waals surface area contributed by atoms with E-state index in [9.17, 15) is 14.8 Å². The highest BCUT2D eigenvalue weighted by Crippen LogP contribution is 2.24. The van der Waals surface area contributed by atoms with Crippen LogP contribution in [-0.4, -0.2) is 11.0 Å². The van der Waals surface area contributed by atoms with Crippen LogP contribution in [0.3, 0.4) is 0 Å². The molecule has 0 unspecified atom stereocenters. The molecule has 6 heteroatoms. The van der Waals surface area contributed by atoms with Crippen molar-refractivity contribution in [1.29, 1.82) is 0 Å². The summed E-state index contributed by atoms with van der Waals surface area (Å²) in [5.41, 5.74) is 0.198. The molecule has 1 aliphatic rings. The first kappa shape index (κ1) is 11.3. The van der Waals surface area contributed by atoms with E-state index in [-0.39, 0.29) is 5.70 Å². The van der Waals surface area contributed by atoms with Crippen LogP contribution in [0.1, 0.15) is 5.56 Å². The van der Waals surface area contributed by atoms with Crippen LogP contribution in [0.2, 0.25) is 5.02 Å². The van der Waals surface area contributed by atoms with Crippen molar-refractivity contribution in [3.63, 3.8) is 0 Å². The number of hydrogen-bond donors (Lipinski definition) is 2. The highest BCUT2D eigenvalue weighted by atomic mass is 35.5. The van der Waals surface area contributed by atoms with Gasteiger partial charge in [0.25, 0.3) is 5.91 Å². The molecule has 5 nitrogen and oxygen atoms in total. The molecule has 0 radical (unpaired) electrons. The molecule has 17 heavy (non-hydrogen) atoms. The summed E-state index contributed by atoms with van der Waals surface area (Å²) in [5, 5.41) is 14.8. The van der Waals surface area contributed by atoms with Crippen molar-refractivity contribution in [2.24, 2.45) is 5.18 Å². The first-order chi connectivity index (χ1) is 8.13. The lowest BCUT2D eigenvalue weighted by atomic mass is 10.2. The summed E-state index contributed by atoms with van der Waals surface area (Å²) >= 11 is 5.92. The van der Waals surface area contributed by atoms with Crippen LogP contribution >= 0.6 is 11.6 Å². The van der Waals surface area contributed by atoms with E-state index in [1.165, 1.54) is 6.08 Å². The summed E-state index contributed by atoms with van der Waals surface area (Å²) in [4.78, 5) is 21.5. The lowest BCUT2D eigenvalue weighted by Gasteiger charge is -2.01. The zero-order chi connectivity index (χ0) is 12.4. The molecule has 86 valence electrons. The Balaban J connectivity index is 2.44. The number of aliphatic hydroxyl groups excluding tert-OH is 1. The molecule has 1 amide bonds. The molecular weight excluding hydrogens is 244 g/mol. The van der Waals surface area contributed by atoms with Crippen molar-refractivity contribution in [3.05, 3.63) is 56.9 Å². The number of carbonyl (C=O) groups excluding carboxylic acids is 1. The predicted octanol–water partition coefficient (Wildman–Crippen LogP) is 2.35. The Morgan fingerprint density at radius 1 is 1.35 bits per heavy atom. The number of nitroso groups, excluding NO2 is 1. The summed E-state index contributed by atoms with van der Waals surface area (Å²) < 4.78 is 0. The standard InChI is InChI=1S/C11H7ClN2O3/c12-7-4-2-1-3-6(7)5-8-10(15)9(14-17)11(16)13-8/h1-5,15H,(H,13,16)/b8-5-. The third-order valence-corrected chi connectivity index (χ3v) is 2.58. The van der Waals surface area contributed by atoms with E-state index < -0.39 is 17.4 Å². The molecular formula is C11H7ClN2O3. The SMILES string of the molecule is O=NC1=C(O)/C(=C/c2ccccc2Cl)NC1=O. The van der Waals surface area contributed by atoms with Gasteiger partial charge in [-0.2, -0.15) is 0 Å². The van der Waals surface area contributed by atoms with E-state index in [1.807, 2.05) is 0 Å². The van der Waals surface area contributed by atoms with Crippen LogP contribution in [0.5, 0.6) is 0 Å². The number of aliphatic hydroxyl groups is 1. The van der Waals surface area contributed by atoms with Gasteiger partial charge in [-0.15, -0.1) is 4.91 Å². The number of benzene rings is 1. The molecule has 0 saturated heterocycles. The van der Waals surface area contributed by atoms with Gasteiger partial charge in [0.05, 0.1) is 5.70 Å². The third kappa shape index (κ3) is 2.05. The van der Waals surface area contributed by atoms with Crippen molar-refractivity contribution in [2.45, 2.75) is 0 Å². The van der Waals surface area contributed by atoms with Crippen LogP contribution < -0.4 is 5.32 Å². The van der Waals surface area contributed by atoms with Crippen molar-refractivity contribution < 1.29 is 9.90 Å². The molecule has 0 fully saturated rings. The predicted molar refractivity (Wildman–Crippen MR) is 63.0 cm³/mol. The van der Waals surface area contributed by atoms with Crippen LogP contribution in [0.4, 0.5) is 0 Å². The maximum Gasteiger partial charge on any atom is 0.281 e. The minimum Gasteiger partial charge on any atom is -0.504 e. The van der Waals surface area contributed by atoms with Gasteiger partial charge in [0, 0.05) is 5.02 Å². The summed E-state index contributed by atoms with van der Waals surface area (Å²) in [6, 6.07) is 6.89. The first-order valence-corrected chi connectivity index (χ1v) is 5.06. The average molecular weight is 251 g/mol. The van der Waals surface area contributed by atoms with E-state index in [4.69, 9.17) is 11.6 Å². The van der Waals surface area contributed by atoms with Crippen LogP contribution in [0.25, 0.3) is 6.08 Å². The van der Waals surface area contributed by atoms with E-state index in [0.29, 0.717) is 10.6 Å². The maximum atomic E-state index is 11.2. The lowest BCUT2D eigenvalue weighted by Crippen LogP contribution is -2.15. The van der Waals surface area contributed by atoms with E-state index in [1.54, 1.807) is 24.3 Å². The summed E-state index contributed by atoms with van der Waals surface area (Å²) in [7, 11) is 0. The zero-order valence-electron chi connectivity index (χ0n) is 8.48. The molecule has 1 heterocycles. The quantitative estimate of drug-likeness (QED) is 0.791. The Hall–Kier alpha value is -2.14. The number of carbonyl (C=O) groups is 1. The van der Waals surface area contributed by atoms with Gasteiger partial charge in [0.2, 0.25) is 5.70 Å². The highest BCUT2D eigenvalue weighted by Gasteiger charge is 2.28. The topological polar surface area (TPSA) is 78.8 Å². The normalized spacial score (nSPS) is 17.5. The van der Waals surface area contributed by atoms with Gasteiger partial charge in [-0.1, -0.05) is 29.8 Å². The first-order valence-electron chi connectivity index (χ1n) is 4.68. The zero-order valence-corrected chi connectivity index (χ0v) is 9.23. The third-order valence-electron chi connectivity index (χ3n) is 2.24. The molecule has 0 saturated carbocycles. The molecule has 0 bridgehead atoms. The van der Waals surface area contributed by atoms with Gasteiger partial charge in [-0.25, -0.2) is 0 Å². The fourth-order valence-corrected chi connectivity index (χ4v) is 1.60. The van der Waals surface area contributed by atoms with Gasteiger partial charge in [-0.05, 0) is 22.9 Å². The number of nitrogens with zero attached hydrogens (tertiary/aromatic N) is 1. The van der Waals surface area contributed by atoms with Crippen molar-refractivity contribution in [1.82, 2.24) is 5.32 Å². The highest BCUT2D eigenvalue weighted by molar-refractivity contribution is 6.32. The van der Waals surface area contributed by atoms with Crippen LogP contribution in [0, 0.1) is 4.91 Å². The van der Waals surface area contributed by atoms with E-state index in [2.05, 4.69) is 10.5 Å². The van der Waals surface area contributed by atoms with Crippen molar-refractivity contribution in [2.75, 3.05) is 0 Å². The van der Waals surface area contributed by atoms with Gasteiger partial charge in [0.15, 0.2) is 5.76 Å². The van der Waals surface area contributed by atoms with Gasteiger partial charge in [0.1, 0.15) is 0 Å². The Morgan fingerprint density at radius 2 is 2.06 bits per heavy atom. The smallest absolute Gasteiger partial charge is 0.281 e. The van der Waals surface area contributed by atoms with Crippen LogP contribution in [-0.2, 0) is 4.79 Å². The Morgan fingerprint density at radius 3 is 2.65 bits per heavy atom. The molecule has 2 rings (SSSR count). The second-order valence-corrected chi connectivity index (χ2v) is 3.73. The summed E-state index contributed by atoms with van der Waals surface area (Å²) in [5.74, 6) is -1.19. The Kier molecular flexibility index (Phi) is 2.93. The molecule has 1 aliphatic heterocycles. The molecule has 1 aromatic carbocycles. The van der Waals surface area contributed by atoms with Gasteiger partial charge >= 0.3 is 0 Å². The molecule has 0 atom stereocenters. The summed E-state index contributed by atoms with van der Waals surface area (Å²) in [6.45, 7) is 0. The van der Waals surface area contributed by atoms with Crippen molar-refractivity contribution >= 4 is 23.6 Å². The molecule has 1 aromatic rings. The molecule has 0 spiro atoms. The fraction of sp³-hybridized carbons (Fsp3) is 0. The fourth-order valence-electron chi connectivity index (χ4n) is 1.41.